The average Bonchev–Trinajstić information content (AvgIpc) is 2.91. The van der Waals surface area contributed by atoms with Crippen molar-refractivity contribution in [2.24, 2.45) is 11.3 Å². The highest BCUT2D eigenvalue weighted by Crippen LogP contribution is 2.44. The number of benzene rings is 1. The fourth-order valence-corrected chi connectivity index (χ4v) is 4.42. The van der Waals surface area contributed by atoms with Crippen molar-refractivity contribution >= 4 is 5.91 Å². The number of amides is 1. The summed E-state index contributed by atoms with van der Waals surface area (Å²) in [6.45, 7) is 5.37. The number of carbonyl (C=O) groups is 1. The molecule has 2 aliphatic rings. The van der Waals surface area contributed by atoms with Gasteiger partial charge in [0, 0.05) is 39.2 Å². The van der Waals surface area contributed by atoms with Crippen LogP contribution < -0.4 is 0 Å². The lowest BCUT2D eigenvalue weighted by Gasteiger charge is -2.42. The summed E-state index contributed by atoms with van der Waals surface area (Å²) in [5.41, 5.74) is 1.41. The second-order valence-corrected chi connectivity index (χ2v) is 7.57. The molecule has 2 saturated heterocycles. The van der Waals surface area contributed by atoms with E-state index >= 15 is 0 Å². The summed E-state index contributed by atoms with van der Waals surface area (Å²) >= 11 is 0. The molecule has 0 bridgehead atoms. The van der Waals surface area contributed by atoms with Gasteiger partial charge in [-0.25, -0.2) is 0 Å². The van der Waals surface area contributed by atoms with Crippen LogP contribution in [0, 0.1) is 11.3 Å². The molecule has 0 aliphatic carbocycles. The highest BCUT2D eigenvalue weighted by molar-refractivity contribution is 5.77. The molecule has 2 aliphatic heterocycles. The van der Waals surface area contributed by atoms with E-state index in [0.29, 0.717) is 17.9 Å². The standard InChI is InChI=1S/C20H30N2O3/c1-21-12-18(14-24-2)20(16-21)8-10-22(11-9-20)19(23)15-25-13-17-6-4-3-5-7-17/h3-7,18H,8-16H2,1-2H3. The topological polar surface area (TPSA) is 42.0 Å². The van der Waals surface area contributed by atoms with Crippen LogP contribution in [-0.2, 0) is 20.9 Å². The van der Waals surface area contributed by atoms with E-state index in [-0.39, 0.29) is 12.5 Å². The van der Waals surface area contributed by atoms with Crippen LogP contribution in [0.15, 0.2) is 30.3 Å². The van der Waals surface area contributed by atoms with Gasteiger partial charge in [-0.05, 0) is 30.9 Å². The quantitative estimate of drug-likeness (QED) is 0.790. The lowest BCUT2D eigenvalue weighted by Crippen LogP contribution is -2.48. The summed E-state index contributed by atoms with van der Waals surface area (Å²) in [5, 5.41) is 0. The van der Waals surface area contributed by atoms with Crippen molar-refractivity contribution in [3.63, 3.8) is 0 Å². The zero-order valence-electron chi connectivity index (χ0n) is 15.4. The number of likely N-dealkylation sites (tertiary alicyclic amines) is 2. The summed E-state index contributed by atoms with van der Waals surface area (Å²) in [5.74, 6) is 0.689. The van der Waals surface area contributed by atoms with Gasteiger partial charge in [0.15, 0.2) is 0 Å². The van der Waals surface area contributed by atoms with Gasteiger partial charge >= 0.3 is 0 Å². The summed E-state index contributed by atoms with van der Waals surface area (Å²) in [7, 11) is 3.97. The minimum Gasteiger partial charge on any atom is -0.384 e. The SMILES string of the molecule is COCC1CN(C)CC12CCN(C(=O)COCc1ccccc1)CC2. The van der Waals surface area contributed by atoms with Gasteiger partial charge < -0.3 is 19.3 Å². The third kappa shape index (κ3) is 4.40. The highest BCUT2D eigenvalue weighted by Gasteiger charge is 2.47. The number of hydrogen-bond acceptors (Lipinski definition) is 4. The third-order valence-electron chi connectivity index (χ3n) is 5.80. The Kier molecular flexibility index (Phi) is 6.10. The molecule has 138 valence electrons. The zero-order chi connectivity index (χ0) is 17.7. The maximum Gasteiger partial charge on any atom is 0.248 e. The highest BCUT2D eigenvalue weighted by atomic mass is 16.5. The Labute approximate surface area is 150 Å². The van der Waals surface area contributed by atoms with Crippen molar-refractivity contribution in [2.75, 3.05) is 53.6 Å². The molecule has 1 aromatic rings. The van der Waals surface area contributed by atoms with Gasteiger partial charge in [-0.3, -0.25) is 4.79 Å². The van der Waals surface area contributed by atoms with Crippen LogP contribution in [0.1, 0.15) is 18.4 Å². The number of nitrogens with zero attached hydrogens (tertiary/aromatic N) is 2. The molecule has 5 heteroatoms. The van der Waals surface area contributed by atoms with Crippen molar-refractivity contribution in [3.8, 4) is 0 Å². The number of piperidine rings is 1. The molecule has 2 heterocycles. The third-order valence-corrected chi connectivity index (χ3v) is 5.80. The van der Waals surface area contributed by atoms with Crippen molar-refractivity contribution in [2.45, 2.75) is 19.4 Å². The minimum absolute atomic E-state index is 0.112. The van der Waals surface area contributed by atoms with Crippen molar-refractivity contribution in [1.29, 1.82) is 0 Å². The summed E-state index contributed by atoms with van der Waals surface area (Å²) in [4.78, 5) is 16.8. The number of carbonyl (C=O) groups excluding carboxylic acids is 1. The van der Waals surface area contributed by atoms with Gasteiger partial charge in [-0.1, -0.05) is 30.3 Å². The molecule has 1 spiro atoms. The van der Waals surface area contributed by atoms with Gasteiger partial charge in [0.05, 0.1) is 13.2 Å². The van der Waals surface area contributed by atoms with E-state index in [1.54, 1.807) is 7.11 Å². The number of ether oxygens (including phenoxy) is 2. The number of methoxy groups -OCH3 is 1. The fraction of sp³-hybridized carbons (Fsp3) is 0.650. The van der Waals surface area contributed by atoms with Crippen LogP contribution in [0.4, 0.5) is 0 Å². The van der Waals surface area contributed by atoms with E-state index in [2.05, 4.69) is 11.9 Å². The Morgan fingerprint density at radius 2 is 1.96 bits per heavy atom. The monoisotopic (exact) mass is 346 g/mol. The second-order valence-electron chi connectivity index (χ2n) is 7.57. The molecule has 1 aromatic carbocycles. The maximum absolute atomic E-state index is 12.4. The van der Waals surface area contributed by atoms with Crippen LogP contribution in [0.2, 0.25) is 0 Å². The molecule has 0 radical (unpaired) electrons. The van der Waals surface area contributed by atoms with Crippen LogP contribution in [0.5, 0.6) is 0 Å². The first-order valence-electron chi connectivity index (χ1n) is 9.20. The normalized spacial score (nSPS) is 23.3. The van der Waals surface area contributed by atoms with E-state index in [0.717, 1.165) is 51.2 Å². The largest absolute Gasteiger partial charge is 0.384 e. The smallest absolute Gasteiger partial charge is 0.248 e. The lowest BCUT2D eigenvalue weighted by molar-refractivity contribution is -0.139. The van der Waals surface area contributed by atoms with E-state index in [1.807, 2.05) is 35.2 Å². The molecular formula is C20H30N2O3. The van der Waals surface area contributed by atoms with Crippen molar-refractivity contribution < 1.29 is 14.3 Å². The molecule has 1 atom stereocenters. The summed E-state index contributed by atoms with van der Waals surface area (Å²) in [6.07, 6.45) is 2.13. The van der Waals surface area contributed by atoms with Crippen LogP contribution in [0.25, 0.3) is 0 Å². The van der Waals surface area contributed by atoms with Crippen molar-refractivity contribution in [1.82, 2.24) is 9.80 Å². The molecule has 1 unspecified atom stereocenters. The molecule has 3 rings (SSSR count). The predicted octanol–water partition coefficient (Wildman–Crippen LogP) is 2.02. The van der Waals surface area contributed by atoms with Gasteiger partial charge in [0.1, 0.15) is 6.61 Å². The van der Waals surface area contributed by atoms with Crippen molar-refractivity contribution in [3.05, 3.63) is 35.9 Å². The lowest BCUT2D eigenvalue weighted by atomic mass is 9.71. The summed E-state index contributed by atoms with van der Waals surface area (Å²) < 4.78 is 11.1. The molecule has 0 N–H and O–H groups in total. The molecule has 0 aromatic heterocycles. The first-order valence-corrected chi connectivity index (χ1v) is 9.20. The minimum atomic E-state index is 0.112. The predicted molar refractivity (Wildman–Crippen MR) is 97.2 cm³/mol. The molecule has 0 saturated carbocycles. The average molecular weight is 346 g/mol. The van der Waals surface area contributed by atoms with Crippen LogP contribution in [-0.4, -0.2) is 69.3 Å². The van der Waals surface area contributed by atoms with Gasteiger partial charge in [-0.15, -0.1) is 0 Å². The zero-order valence-corrected chi connectivity index (χ0v) is 15.4. The Morgan fingerprint density at radius 3 is 2.64 bits per heavy atom. The van der Waals surface area contributed by atoms with E-state index in [1.165, 1.54) is 0 Å². The Balaban J connectivity index is 1.46. The summed E-state index contributed by atoms with van der Waals surface area (Å²) in [6, 6.07) is 9.98. The van der Waals surface area contributed by atoms with Gasteiger partial charge in [-0.2, -0.15) is 0 Å². The molecule has 2 fully saturated rings. The van der Waals surface area contributed by atoms with E-state index < -0.39 is 0 Å². The first kappa shape index (κ1) is 18.4. The molecule has 1 amide bonds. The number of hydrogen-bond donors (Lipinski definition) is 0. The van der Waals surface area contributed by atoms with Gasteiger partial charge in [0.25, 0.3) is 0 Å². The Hall–Kier alpha value is -1.43. The molecule has 25 heavy (non-hydrogen) atoms. The fourth-order valence-electron chi connectivity index (χ4n) is 4.42. The van der Waals surface area contributed by atoms with E-state index in [4.69, 9.17) is 9.47 Å². The first-order chi connectivity index (χ1) is 12.1. The second kappa shape index (κ2) is 8.30. The Bertz CT molecular complexity index is 555. The number of rotatable bonds is 6. The van der Waals surface area contributed by atoms with Gasteiger partial charge in [0.2, 0.25) is 5.91 Å². The van der Waals surface area contributed by atoms with Crippen LogP contribution >= 0.6 is 0 Å². The molecular weight excluding hydrogens is 316 g/mol. The van der Waals surface area contributed by atoms with E-state index in [9.17, 15) is 4.79 Å². The Morgan fingerprint density at radius 1 is 1.24 bits per heavy atom. The molecule has 5 nitrogen and oxygen atoms in total. The van der Waals surface area contributed by atoms with Crippen LogP contribution in [0.3, 0.4) is 0 Å². The maximum atomic E-state index is 12.4.